The molecule has 1 fully saturated rings. The van der Waals surface area contributed by atoms with Crippen LogP contribution in [0, 0.1) is 6.92 Å². The highest BCUT2D eigenvalue weighted by atomic mass is 15.0. The molecule has 0 saturated heterocycles. The molecule has 2 aliphatic rings. The Morgan fingerprint density at radius 1 is 1.30 bits per heavy atom. The van der Waals surface area contributed by atoms with Crippen LogP contribution < -0.4 is 5.32 Å². The summed E-state index contributed by atoms with van der Waals surface area (Å²) in [6.45, 7) is 8.55. The van der Waals surface area contributed by atoms with Gasteiger partial charge < -0.3 is 5.32 Å². The molecule has 0 radical (unpaired) electrons. The van der Waals surface area contributed by atoms with Crippen LogP contribution in [0.3, 0.4) is 0 Å². The first-order valence-electron chi connectivity index (χ1n) is 8.16. The highest BCUT2D eigenvalue weighted by molar-refractivity contribution is 5.64. The Kier molecular flexibility index (Phi) is 3.62. The van der Waals surface area contributed by atoms with Crippen LogP contribution in [0.4, 0.5) is 5.69 Å². The lowest BCUT2D eigenvalue weighted by molar-refractivity contribution is 0.281. The lowest BCUT2D eigenvalue weighted by Gasteiger charge is -2.46. The third kappa shape index (κ3) is 2.39. The minimum absolute atomic E-state index is 0.371. The molecule has 20 heavy (non-hydrogen) atoms. The molecule has 1 aromatic rings. The molecule has 1 atom stereocenters. The van der Waals surface area contributed by atoms with Crippen LogP contribution in [0.15, 0.2) is 24.8 Å². The predicted molar refractivity (Wildman–Crippen MR) is 87.6 cm³/mol. The number of nitrogens with one attached hydrogen (secondary N) is 1. The van der Waals surface area contributed by atoms with Gasteiger partial charge in [0.05, 0.1) is 0 Å². The second-order valence-electron chi connectivity index (χ2n) is 6.95. The molecule has 1 heteroatoms. The summed E-state index contributed by atoms with van der Waals surface area (Å²) in [5.41, 5.74) is 6.14. The van der Waals surface area contributed by atoms with E-state index in [1.807, 2.05) is 6.08 Å². The highest BCUT2D eigenvalue weighted by Crippen LogP contribution is 2.46. The molecule has 1 saturated carbocycles. The first-order chi connectivity index (χ1) is 9.63. The average molecular weight is 269 g/mol. The molecule has 0 bridgehead atoms. The number of benzene rings is 1. The smallest absolute Gasteiger partial charge is 0.0415 e. The number of fused-ring (bicyclic) bond motifs is 1. The normalized spacial score (nSPS) is 24.0. The van der Waals surface area contributed by atoms with Crippen molar-refractivity contribution in [2.24, 2.45) is 0 Å². The van der Waals surface area contributed by atoms with Crippen molar-refractivity contribution in [3.05, 3.63) is 41.5 Å². The zero-order chi connectivity index (χ0) is 14.2. The molecule has 1 spiro atoms. The van der Waals surface area contributed by atoms with E-state index in [4.69, 9.17) is 0 Å². The van der Waals surface area contributed by atoms with Crippen molar-refractivity contribution in [1.82, 2.24) is 0 Å². The summed E-state index contributed by atoms with van der Waals surface area (Å²) in [7, 11) is 0. The Morgan fingerprint density at radius 3 is 2.75 bits per heavy atom. The van der Waals surface area contributed by atoms with Crippen LogP contribution in [0.2, 0.25) is 0 Å². The first-order valence-corrected chi connectivity index (χ1v) is 8.16. The van der Waals surface area contributed by atoms with E-state index in [1.54, 1.807) is 0 Å². The molecule has 108 valence electrons. The van der Waals surface area contributed by atoms with Gasteiger partial charge in [0.1, 0.15) is 0 Å². The Labute approximate surface area is 123 Å². The minimum Gasteiger partial charge on any atom is -0.379 e. The van der Waals surface area contributed by atoms with Crippen LogP contribution in [0.1, 0.15) is 68.1 Å². The van der Waals surface area contributed by atoms with E-state index >= 15 is 0 Å². The van der Waals surface area contributed by atoms with E-state index in [9.17, 15) is 0 Å². The lowest BCUT2D eigenvalue weighted by Crippen LogP contribution is -2.44. The van der Waals surface area contributed by atoms with Gasteiger partial charge in [-0.05, 0) is 49.7 Å². The van der Waals surface area contributed by atoms with Crippen molar-refractivity contribution in [3.63, 3.8) is 0 Å². The monoisotopic (exact) mass is 269 g/mol. The van der Waals surface area contributed by atoms with E-state index in [2.05, 4.69) is 37.9 Å². The SMILES string of the molecule is C=CCc1cc(C)cc2c1NC1(CCCCC1)CC2C. The number of rotatable bonds is 2. The second kappa shape index (κ2) is 5.27. The summed E-state index contributed by atoms with van der Waals surface area (Å²) in [6.07, 6.45) is 11.2. The van der Waals surface area contributed by atoms with Crippen molar-refractivity contribution in [2.45, 2.75) is 70.3 Å². The maximum atomic E-state index is 3.98. The molecule has 0 amide bonds. The van der Waals surface area contributed by atoms with Gasteiger partial charge in [-0.1, -0.05) is 50.0 Å². The quantitative estimate of drug-likeness (QED) is 0.714. The molecule has 1 nitrogen and oxygen atoms in total. The molecule has 3 rings (SSSR count). The van der Waals surface area contributed by atoms with Gasteiger partial charge in [-0.25, -0.2) is 0 Å². The van der Waals surface area contributed by atoms with Crippen LogP contribution in [0.25, 0.3) is 0 Å². The van der Waals surface area contributed by atoms with Gasteiger partial charge in [-0.15, -0.1) is 6.58 Å². The second-order valence-corrected chi connectivity index (χ2v) is 6.95. The Balaban J connectivity index is 2.02. The largest absolute Gasteiger partial charge is 0.379 e. The predicted octanol–water partition coefficient (Wildman–Crippen LogP) is 5.35. The third-order valence-corrected chi connectivity index (χ3v) is 5.19. The number of hydrogen-bond acceptors (Lipinski definition) is 1. The average Bonchev–Trinajstić information content (AvgIpc) is 2.42. The number of aryl methyl sites for hydroxylation is 1. The topological polar surface area (TPSA) is 12.0 Å². The van der Waals surface area contributed by atoms with Crippen molar-refractivity contribution in [1.29, 1.82) is 0 Å². The fourth-order valence-electron chi connectivity index (χ4n) is 4.32. The van der Waals surface area contributed by atoms with E-state index in [1.165, 1.54) is 60.9 Å². The molecule has 1 N–H and O–H groups in total. The van der Waals surface area contributed by atoms with Crippen LogP contribution in [-0.4, -0.2) is 5.54 Å². The molecular weight excluding hydrogens is 242 g/mol. The Bertz CT molecular complexity index is 509. The number of hydrogen-bond donors (Lipinski definition) is 1. The van der Waals surface area contributed by atoms with Crippen molar-refractivity contribution < 1.29 is 0 Å². The first kappa shape index (κ1) is 13.7. The van der Waals surface area contributed by atoms with Gasteiger partial charge in [0.2, 0.25) is 0 Å². The molecule has 1 unspecified atom stereocenters. The number of allylic oxidation sites excluding steroid dienone is 1. The van der Waals surface area contributed by atoms with E-state index in [-0.39, 0.29) is 0 Å². The molecule has 1 aliphatic carbocycles. The van der Waals surface area contributed by atoms with Gasteiger partial charge in [-0.3, -0.25) is 0 Å². The molecule has 1 heterocycles. The van der Waals surface area contributed by atoms with Gasteiger partial charge in [-0.2, -0.15) is 0 Å². The van der Waals surface area contributed by atoms with Crippen molar-refractivity contribution in [2.75, 3.05) is 5.32 Å². The summed E-state index contributed by atoms with van der Waals surface area (Å²) < 4.78 is 0. The summed E-state index contributed by atoms with van der Waals surface area (Å²) in [6, 6.07) is 4.72. The Hall–Kier alpha value is -1.24. The van der Waals surface area contributed by atoms with Crippen LogP contribution in [-0.2, 0) is 6.42 Å². The van der Waals surface area contributed by atoms with Crippen molar-refractivity contribution >= 4 is 5.69 Å². The van der Waals surface area contributed by atoms with Gasteiger partial charge in [0.15, 0.2) is 0 Å². The summed E-state index contributed by atoms with van der Waals surface area (Å²) in [5, 5.41) is 3.98. The molecular formula is C19H27N. The minimum atomic E-state index is 0.371. The highest BCUT2D eigenvalue weighted by Gasteiger charge is 2.38. The fraction of sp³-hybridized carbons (Fsp3) is 0.579. The standard InChI is InChI=1S/C19H27N/c1-4-8-16-11-14(2)12-17-15(3)13-19(20-18(16)17)9-6-5-7-10-19/h4,11-12,15,20H,1,5-10,13H2,2-3H3. The lowest BCUT2D eigenvalue weighted by atomic mass is 9.71. The van der Waals surface area contributed by atoms with Gasteiger partial charge in [0, 0.05) is 11.2 Å². The maximum absolute atomic E-state index is 3.98. The van der Waals surface area contributed by atoms with Crippen LogP contribution >= 0.6 is 0 Å². The van der Waals surface area contributed by atoms with Gasteiger partial charge >= 0.3 is 0 Å². The zero-order valence-corrected chi connectivity index (χ0v) is 13.0. The third-order valence-electron chi connectivity index (χ3n) is 5.19. The molecule has 1 aromatic carbocycles. The van der Waals surface area contributed by atoms with Gasteiger partial charge in [0.25, 0.3) is 0 Å². The number of anilines is 1. The van der Waals surface area contributed by atoms with E-state index in [0.717, 1.165) is 6.42 Å². The summed E-state index contributed by atoms with van der Waals surface area (Å²) >= 11 is 0. The van der Waals surface area contributed by atoms with E-state index < -0.39 is 0 Å². The van der Waals surface area contributed by atoms with Crippen LogP contribution in [0.5, 0.6) is 0 Å². The summed E-state index contributed by atoms with van der Waals surface area (Å²) in [5.74, 6) is 0.674. The van der Waals surface area contributed by atoms with Crippen molar-refractivity contribution in [3.8, 4) is 0 Å². The molecule has 0 aromatic heterocycles. The fourth-order valence-corrected chi connectivity index (χ4v) is 4.32. The summed E-state index contributed by atoms with van der Waals surface area (Å²) in [4.78, 5) is 0. The molecule has 1 aliphatic heterocycles. The van der Waals surface area contributed by atoms with E-state index in [0.29, 0.717) is 11.5 Å². The zero-order valence-electron chi connectivity index (χ0n) is 13.0. The maximum Gasteiger partial charge on any atom is 0.0415 e. The Morgan fingerprint density at radius 2 is 2.05 bits per heavy atom.